The average Bonchev–Trinajstić information content (AvgIpc) is 2.63. The van der Waals surface area contributed by atoms with E-state index in [-0.39, 0.29) is 25.0 Å². The smallest absolute Gasteiger partial charge is 0.226 e. The van der Waals surface area contributed by atoms with Crippen molar-refractivity contribution in [3.8, 4) is 0 Å². The molecule has 2 unspecified atom stereocenters. The fraction of sp³-hybridized carbons (Fsp3) is 0.909. The molecule has 4 heteroatoms. The SMILES string of the molecule is CC1CCCC1C(=O)N(CCO)CCO. The van der Waals surface area contributed by atoms with E-state index >= 15 is 0 Å². The van der Waals surface area contributed by atoms with Gasteiger partial charge in [0.25, 0.3) is 0 Å². The van der Waals surface area contributed by atoms with Crippen molar-refractivity contribution < 1.29 is 15.0 Å². The molecule has 0 aromatic rings. The van der Waals surface area contributed by atoms with Crippen LogP contribution in [0.2, 0.25) is 0 Å². The van der Waals surface area contributed by atoms with E-state index in [4.69, 9.17) is 10.2 Å². The maximum Gasteiger partial charge on any atom is 0.226 e. The number of aliphatic hydroxyl groups is 2. The minimum atomic E-state index is -0.0349. The molecule has 1 aliphatic carbocycles. The molecule has 2 N–H and O–H groups in total. The molecule has 15 heavy (non-hydrogen) atoms. The third-order valence-corrected chi connectivity index (χ3v) is 3.23. The number of nitrogens with zero attached hydrogens (tertiary/aromatic N) is 1. The highest BCUT2D eigenvalue weighted by Crippen LogP contribution is 2.32. The van der Waals surface area contributed by atoms with E-state index in [1.807, 2.05) is 0 Å². The highest BCUT2D eigenvalue weighted by molar-refractivity contribution is 5.79. The molecule has 0 spiro atoms. The first-order valence-electron chi connectivity index (χ1n) is 5.71. The molecule has 2 atom stereocenters. The molecule has 1 rings (SSSR count). The number of carbonyl (C=O) groups is 1. The van der Waals surface area contributed by atoms with E-state index in [1.54, 1.807) is 4.90 Å². The summed E-state index contributed by atoms with van der Waals surface area (Å²) in [6.45, 7) is 2.70. The normalized spacial score (nSPS) is 25.5. The Morgan fingerprint density at radius 3 is 2.27 bits per heavy atom. The molecule has 1 fully saturated rings. The topological polar surface area (TPSA) is 60.8 Å². The van der Waals surface area contributed by atoms with Crippen molar-refractivity contribution in [3.05, 3.63) is 0 Å². The van der Waals surface area contributed by atoms with Gasteiger partial charge in [-0.2, -0.15) is 0 Å². The van der Waals surface area contributed by atoms with E-state index < -0.39 is 0 Å². The molecular weight excluding hydrogens is 194 g/mol. The molecule has 0 aliphatic heterocycles. The van der Waals surface area contributed by atoms with Gasteiger partial charge in [-0.1, -0.05) is 13.3 Å². The summed E-state index contributed by atoms with van der Waals surface area (Å²) in [5.74, 6) is 0.642. The van der Waals surface area contributed by atoms with Gasteiger partial charge in [-0.3, -0.25) is 4.79 Å². The Kier molecular flexibility index (Phi) is 5.05. The summed E-state index contributed by atoms with van der Waals surface area (Å²) in [6, 6.07) is 0. The Morgan fingerprint density at radius 2 is 1.87 bits per heavy atom. The maximum absolute atomic E-state index is 12.0. The number of hydrogen-bond donors (Lipinski definition) is 2. The van der Waals surface area contributed by atoms with Crippen molar-refractivity contribution in [2.45, 2.75) is 26.2 Å². The van der Waals surface area contributed by atoms with Crippen molar-refractivity contribution in [2.24, 2.45) is 11.8 Å². The third-order valence-electron chi connectivity index (χ3n) is 3.23. The molecule has 0 heterocycles. The predicted molar refractivity (Wildman–Crippen MR) is 57.3 cm³/mol. The zero-order valence-corrected chi connectivity index (χ0v) is 9.35. The fourth-order valence-corrected chi connectivity index (χ4v) is 2.32. The van der Waals surface area contributed by atoms with Crippen molar-refractivity contribution >= 4 is 5.91 Å². The molecule has 0 bridgehead atoms. The van der Waals surface area contributed by atoms with Gasteiger partial charge in [0.05, 0.1) is 13.2 Å². The second kappa shape index (κ2) is 6.08. The Labute approximate surface area is 90.9 Å². The first-order chi connectivity index (χ1) is 7.20. The maximum atomic E-state index is 12.0. The summed E-state index contributed by atoms with van der Waals surface area (Å²) < 4.78 is 0. The summed E-state index contributed by atoms with van der Waals surface area (Å²) in [5.41, 5.74) is 0. The molecular formula is C11H21NO3. The minimum Gasteiger partial charge on any atom is -0.395 e. The van der Waals surface area contributed by atoms with Crippen LogP contribution in [0.25, 0.3) is 0 Å². The highest BCUT2D eigenvalue weighted by Gasteiger charge is 2.32. The number of carbonyl (C=O) groups excluding carboxylic acids is 1. The first kappa shape index (κ1) is 12.5. The number of aliphatic hydroxyl groups excluding tert-OH is 2. The number of hydrogen-bond acceptors (Lipinski definition) is 3. The van der Waals surface area contributed by atoms with E-state index in [9.17, 15) is 4.79 Å². The van der Waals surface area contributed by atoms with Crippen LogP contribution in [0.3, 0.4) is 0 Å². The van der Waals surface area contributed by atoms with Crippen LogP contribution in [0.1, 0.15) is 26.2 Å². The van der Waals surface area contributed by atoms with Gasteiger partial charge >= 0.3 is 0 Å². The summed E-state index contributed by atoms with van der Waals surface area (Å²) in [5, 5.41) is 17.7. The summed E-state index contributed by atoms with van der Waals surface area (Å²) in [7, 11) is 0. The first-order valence-corrected chi connectivity index (χ1v) is 5.71. The lowest BCUT2D eigenvalue weighted by atomic mass is 9.96. The molecule has 1 aliphatic rings. The largest absolute Gasteiger partial charge is 0.395 e. The van der Waals surface area contributed by atoms with Crippen LogP contribution in [-0.2, 0) is 4.79 Å². The molecule has 4 nitrogen and oxygen atoms in total. The summed E-state index contributed by atoms with van der Waals surface area (Å²) in [6.07, 6.45) is 3.18. The highest BCUT2D eigenvalue weighted by atomic mass is 16.3. The molecule has 1 saturated carbocycles. The van der Waals surface area contributed by atoms with E-state index in [2.05, 4.69) is 6.92 Å². The lowest BCUT2D eigenvalue weighted by Gasteiger charge is -2.26. The van der Waals surface area contributed by atoms with Gasteiger partial charge in [-0.15, -0.1) is 0 Å². The quantitative estimate of drug-likeness (QED) is 0.690. The van der Waals surface area contributed by atoms with Crippen LogP contribution in [0, 0.1) is 11.8 Å². The van der Waals surface area contributed by atoms with Crippen LogP contribution >= 0.6 is 0 Å². The standard InChI is InChI=1S/C11H21NO3/c1-9-3-2-4-10(9)11(15)12(5-7-13)6-8-14/h9-10,13-14H,2-8H2,1H3. The average molecular weight is 215 g/mol. The molecule has 0 radical (unpaired) electrons. The molecule has 0 aromatic heterocycles. The monoisotopic (exact) mass is 215 g/mol. The zero-order chi connectivity index (χ0) is 11.3. The second-order valence-electron chi connectivity index (χ2n) is 4.29. The lowest BCUT2D eigenvalue weighted by molar-refractivity contribution is -0.137. The Hall–Kier alpha value is -0.610. The van der Waals surface area contributed by atoms with Crippen molar-refractivity contribution in [3.63, 3.8) is 0 Å². The minimum absolute atomic E-state index is 0.0349. The van der Waals surface area contributed by atoms with Crippen LogP contribution in [0.5, 0.6) is 0 Å². The van der Waals surface area contributed by atoms with Crippen molar-refractivity contribution in [1.29, 1.82) is 0 Å². The third kappa shape index (κ3) is 3.18. The molecule has 1 amide bonds. The van der Waals surface area contributed by atoms with Crippen molar-refractivity contribution in [1.82, 2.24) is 4.90 Å². The zero-order valence-electron chi connectivity index (χ0n) is 9.35. The molecule has 88 valence electrons. The van der Waals surface area contributed by atoms with Gasteiger partial charge < -0.3 is 15.1 Å². The van der Waals surface area contributed by atoms with Crippen LogP contribution in [0.4, 0.5) is 0 Å². The molecule has 0 saturated heterocycles. The van der Waals surface area contributed by atoms with Crippen LogP contribution in [-0.4, -0.2) is 47.3 Å². The van der Waals surface area contributed by atoms with Gasteiger partial charge in [0.15, 0.2) is 0 Å². The van der Waals surface area contributed by atoms with Gasteiger partial charge in [0.1, 0.15) is 0 Å². The predicted octanol–water partition coefficient (Wildman–Crippen LogP) is 0.236. The van der Waals surface area contributed by atoms with E-state index in [0.29, 0.717) is 19.0 Å². The Bertz CT molecular complexity index is 202. The lowest BCUT2D eigenvalue weighted by Crippen LogP contribution is -2.40. The van der Waals surface area contributed by atoms with E-state index in [0.717, 1.165) is 19.3 Å². The second-order valence-corrected chi connectivity index (χ2v) is 4.29. The Balaban J connectivity index is 2.54. The van der Waals surface area contributed by atoms with Crippen LogP contribution < -0.4 is 0 Å². The fourth-order valence-electron chi connectivity index (χ4n) is 2.32. The summed E-state index contributed by atoms with van der Waals surface area (Å²) in [4.78, 5) is 13.6. The number of rotatable bonds is 5. The van der Waals surface area contributed by atoms with Crippen LogP contribution in [0.15, 0.2) is 0 Å². The van der Waals surface area contributed by atoms with Gasteiger partial charge in [-0.05, 0) is 18.8 Å². The Morgan fingerprint density at radius 1 is 1.27 bits per heavy atom. The molecule has 0 aromatic carbocycles. The van der Waals surface area contributed by atoms with E-state index in [1.165, 1.54) is 0 Å². The number of amides is 1. The van der Waals surface area contributed by atoms with Crippen molar-refractivity contribution in [2.75, 3.05) is 26.3 Å². The van der Waals surface area contributed by atoms with Gasteiger partial charge in [-0.25, -0.2) is 0 Å². The van der Waals surface area contributed by atoms with Gasteiger partial charge in [0.2, 0.25) is 5.91 Å². The summed E-state index contributed by atoms with van der Waals surface area (Å²) >= 11 is 0. The van der Waals surface area contributed by atoms with Gasteiger partial charge in [0, 0.05) is 19.0 Å².